The van der Waals surface area contributed by atoms with Crippen molar-refractivity contribution in [2.24, 2.45) is 5.92 Å². The van der Waals surface area contributed by atoms with Crippen LogP contribution in [0.25, 0.3) is 6.20 Å². The Morgan fingerprint density at radius 3 is 2.64 bits per heavy atom. The number of aromatic nitrogens is 2. The molecule has 2 N–H and O–H groups in total. The fourth-order valence-corrected chi connectivity index (χ4v) is 1.75. The lowest BCUT2D eigenvalue weighted by Gasteiger charge is -2.21. The molecule has 0 saturated carbocycles. The Morgan fingerprint density at radius 2 is 2.14 bits per heavy atom. The Kier molecular flexibility index (Phi) is 5.73. The van der Waals surface area contributed by atoms with E-state index >= 15 is 0 Å². The first-order chi connectivity index (χ1) is 10.1. The van der Waals surface area contributed by atoms with Gasteiger partial charge in [0.15, 0.2) is 0 Å². The van der Waals surface area contributed by atoms with Gasteiger partial charge in [0.1, 0.15) is 5.56 Å². The number of nitrogens with zero attached hydrogens (tertiary/aromatic N) is 2. The van der Waals surface area contributed by atoms with Crippen LogP contribution in [0.15, 0.2) is 12.3 Å². The highest BCUT2D eigenvalue weighted by Crippen LogP contribution is 2.20. The summed E-state index contributed by atoms with van der Waals surface area (Å²) in [7, 11) is 0. The maximum atomic E-state index is 11.2. The molecular formula is C15H23N3O4. The van der Waals surface area contributed by atoms with E-state index in [2.05, 4.69) is 10.4 Å². The van der Waals surface area contributed by atoms with E-state index in [-0.39, 0.29) is 23.3 Å². The monoisotopic (exact) mass is 309 g/mol. The number of carboxylic acid groups (broad SMARTS) is 1. The maximum absolute atomic E-state index is 11.2. The number of aromatic carboxylic acids is 1. The minimum Gasteiger partial charge on any atom is -0.477 e. The fraction of sp³-hybridized carbons (Fsp3) is 0.533. The topological polar surface area (TPSA) is 93.5 Å². The van der Waals surface area contributed by atoms with Crippen molar-refractivity contribution in [3.8, 4) is 5.88 Å². The standard InChI is InChI=1S/C15H23N3O4/c1-10(2)9-22-13-12(14(20)21)8-16-18(13)7-6-15(4,5)17-11(3)19/h6-8,10H,9H2,1-5H3,(H,17,19)(H,20,21). The molecule has 1 heterocycles. The Balaban J connectivity index is 3.03. The fourth-order valence-electron chi connectivity index (χ4n) is 1.75. The summed E-state index contributed by atoms with van der Waals surface area (Å²) in [6, 6.07) is 0. The molecule has 0 aliphatic heterocycles. The van der Waals surface area contributed by atoms with Gasteiger partial charge >= 0.3 is 5.97 Å². The Morgan fingerprint density at radius 1 is 1.50 bits per heavy atom. The van der Waals surface area contributed by atoms with Crippen molar-refractivity contribution in [2.75, 3.05) is 6.61 Å². The molecule has 0 atom stereocenters. The first kappa shape index (κ1) is 17.7. The van der Waals surface area contributed by atoms with Crippen LogP contribution in [0.3, 0.4) is 0 Å². The minimum atomic E-state index is -1.10. The second-order valence-electron chi connectivity index (χ2n) is 6.04. The first-order valence-corrected chi connectivity index (χ1v) is 7.04. The van der Waals surface area contributed by atoms with Crippen LogP contribution in [0.2, 0.25) is 0 Å². The molecule has 0 spiro atoms. The van der Waals surface area contributed by atoms with Crippen molar-refractivity contribution < 1.29 is 19.4 Å². The van der Waals surface area contributed by atoms with Gasteiger partial charge in [-0.25, -0.2) is 9.48 Å². The maximum Gasteiger partial charge on any atom is 0.342 e. The smallest absolute Gasteiger partial charge is 0.342 e. The quantitative estimate of drug-likeness (QED) is 0.803. The van der Waals surface area contributed by atoms with Crippen LogP contribution in [0, 0.1) is 5.92 Å². The van der Waals surface area contributed by atoms with E-state index in [1.54, 1.807) is 12.3 Å². The summed E-state index contributed by atoms with van der Waals surface area (Å²) >= 11 is 0. The number of carbonyl (C=O) groups is 2. The number of ether oxygens (including phenoxy) is 1. The van der Waals surface area contributed by atoms with E-state index in [0.29, 0.717) is 6.61 Å². The van der Waals surface area contributed by atoms with Gasteiger partial charge in [-0.15, -0.1) is 0 Å². The van der Waals surface area contributed by atoms with Gasteiger partial charge in [-0.2, -0.15) is 5.10 Å². The Hall–Kier alpha value is -2.31. The van der Waals surface area contributed by atoms with Crippen LogP contribution in [-0.4, -0.2) is 38.9 Å². The van der Waals surface area contributed by atoms with Crippen molar-refractivity contribution in [1.82, 2.24) is 15.1 Å². The van der Waals surface area contributed by atoms with Crippen LogP contribution in [0.1, 0.15) is 45.0 Å². The summed E-state index contributed by atoms with van der Waals surface area (Å²) < 4.78 is 6.91. The van der Waals surface area contributed by atoms with Gasteiger partial charge in [0, 0.05) is 13.1 Å². The highest BCUT2D eigenvalue weighted by Gasteiger charge is 2.19. The van der Waals surface area contributed by atoms with Crippen LogP contribution in [-0.2, 0) is 4.79 Å². The molecule has 0 saturated heterocycles. The molecule has 0 radical (unpaired) electrons. The molecule has 0 aromatic carbocycles. The number of hydrogen-bond acceptors (Lipinski definition) is 4. The highest BCUT2D eigenvalue weighted by atomic mass is 16.5. The van der Waals surface area contributed by atoms with Gasteiger partial charge in [0.25, 0.3) is 0 Å². The van der Waals surface area contributed by atoms with E-state index in [9.17, 15) is 14.7 Å². The predicted molar refractivity (Wildman–Crippen MR) is 82.7 cm³/mol. The number of rotatable bonds is 7. The lowest BCUT2D eigenvalue weighted by molar-refractivity contribution is -0.120. The molecular weight excluding hydrogens is 286 g/mol. The van der Waals surface area contributed by atoms with Crippen LogP contribution < -0.4 is 10.1 Å². The average molecular weight is 309 g/mol. The second-order valence-corrected chi connectivity index (χ2v) is 6.04. The summed E-state index contributed by atoms with van der Waals surface area (Å²) in [5, 5.41) is 16.0. The molecule has 7 heteroatoms. The first-order valence-electron chi connectivity index (χ1n) is 7.04. The third kappa shape index (κ3) is 5.23. The third-order valence-electron chi connectivity index (χ3n) is 2.66. The zero-order chi connectivity index (χ0) is 16.9. The molecule has 0 fully saturated rings. The zero-order valence-electron chi connectivity index (χ0n) is 13.6. The number of nitrogens with one attached hydrogen (secondary N) is 1. The molecule has 7 nitrogen and oxygen atoms in total. The van der Waals surface area contributed by atoms with Crippen LogP contribution >= 0.6 is 0 Å². The van der Waals surface area contributed by atoms with E-state index in [1.807, 2.05) is 27.7 Å². The molecule has 22 heavy (non-hydrogen) atoms. The van der Waals surface area contributed by atoms with Gasteiger partial charge in [0.05, 0.1) is 18.3 Å². The molecule has 122 valence electrons. The number of hydrogen-bond donors (Lipinski definition) is 2. The molecule has 0 aliphatic carbocycles. The lowest BCUT2D eigenvalue weighted by atomic mass is 10.1. The van der Waals surface area contributed by atoms with Crippen molar-refractivity contribution in [3.05, 3.63) is 17.8 Å². The molecule has 1 aromatic rings. The van der Waals surface area contributed by atoms with E-state index in [0.717, 1.165) is 0 Å². The molecule has 1 aromatic heterocycles. The van der Waals surface area contributed by atoms with Gasteiger partial charge in [-0.05, 0) is 25.8 Å². The van der Waals surface area contributed by atoms with Gasteiger partial charge in [-0.3, -0.25) is 4.79 Å². The van der Waals surface area contributed by atoms with Crippen molar-refractivity contribution in [2.45, 2.75) is 40.2 Å². The van der Waals surface area contributed by atoms with Crippen molar-refractivity contribution in [1.29, 1.82) is 0 Å². The normalized spacial score (nSPS) is 11.9. The second kappa shape index (κ2) is 7.11. The number of carbonyl (C=O) groups excluding carboxylic acids is 1. The SMILES string of the molecule is CC(=O)NC(C)(C)C=Cn1ncc(C(=O)O)c1OCC(C)C. The van der Waals surface area contributed by atoms with E-state index in [4.69, 9.17) is 4.74 Å². The summed E-state index contributed by atoms with van der Waals surface area (Å²) in [5.74, 6) is -0.821. The largest absolute Gasteiger partial charge is 0.477 e. The number of amides is 1. The van der Waals surface area contributed by atoms with Crippen molar-refractivity contribution in [3.63, 3.8) is 0 Å². The van der Waals surface area contributed by atoms with E-state index < -0.39 is 11.5 Å². The Bertz CT molecular complexity index is 573. The summed E-state index contributed by atoms with van der Waals surface area (Å²) in [4.78, 5) is 22.4. The minimum absolute atomic E-state index is 0.00244. The summed E-state index contributed by atoms with van der Waals surface area (Å²) in [5.41, 5.74) is -0.584. The molecule has 1 amide bonds. The highest BCUT2D eigenvalue weighted by molar-refractivity contribution is 5.90. The average Bonchev–Trinajstić information content (AvgIpc) is 2.75. The lowest BCUT2D eigenvalue weighted by Crippen LogP contribution is -2.40. The Labute approximate surface area is 130 Å². The number of carboxylic acids is 1. The van der Waals surface area contributed by atoms with Gasteiger partial charge in [-0.1, -0.05) is 13.8 Å². The van der Waals surface area contributed by atoms with E-state index in [1.165, 1.54) is 17.8 Å². The summed E-state index contributed by atoms with van der Waals surface area (Å²) in [6.45, 7) is 9.40. The van der Waals surface area contributed by atoms with Crippen LogP contribution in [0.4, 0.5) is 0 Å². The predicted octanol–water partition coefficient (Wildman–Crippen LogP) is 2.00. The molecule has 1 rings (SSSR count). The summed E-state index contributed by atoms with van der Waals surface area (Å²) in [6.07, 6.45) is 4.54. The van der Waals surface area contributed by atoms with Crippen LogP contribution in [0.5, 0.6) is 5.88 Å². The van der Waals surface area contributed by atoms with Gasteiger partial charge < -0.3 is 15.2 Å². The van der Waals surface area contributed by atoms with Crippen molar-refractivity contribution >= 4 is 18.1 Å². The van der Waals surface area contributed by atoms with Gasteiger partial charge in [0.2, 0.25) is 11.8 Å². The zero-order valence-corrected chi connectivity index (χ0v) is 13.6. The molecule has 0 unspecified atom stereocenters. The molecule has 0 aliphatic rings. The third-order valence-corrected chi connectivity index (χ3v) is 2.66. The molecule has 0 bridgehead atoms.